The molecule has 29 heavy (non-hydrogen) atoms. The minimum absolute atomic E-state index is 0.341. The SMILES string of the molecule is Cc1ccc2c(-c3ccc(C)c(F)c3)c([C@H](OC(C)(C)C)C(=O)O)c(C)nc2c1. The van der Waals surface area contributed by atoms with E-state index < -0.39 is 17.7 Å². The van der Waals surface area contributed by atoms with Gasteiger partial charge in [0, 0.05) is 16.6 Å². The first-order chi connectivity index (χ1) is 13.5. The second-order valence-corrected chi connectivity index (χ2v) is 8.42. The van der Waals surface area contributed by atoms with Crippen molar-refractivity contribution in [1.82, 2.24) is 4.98 Å². The molecule has 1 heterocycles. The number of fused-ring (bicyclic) bond motifs is 1. The molecule has 0 aliphatic carbocycles. The number of nitrogens with zero attached hydrogens (tertiary/aromatic N) is 1. The number of carboxylic acid groups (broad SMARTS) is 1. The Morgan fingerprint density at radius 3 is 2.38 bits per heavy atom. The maximum atomic E-state index is 14.4. The summed E-state index contributed by atoms with van der Waals surface area (Å²) in [5, 5.41) is 10.7. The second-order valence-electron chi connectivity index (χ2n) is 8.42. The molecule has 2 aromatic carbocycles. The third-order valence-corrected chi connectivity index (χ3v) is 4.79. The summed E-state index contributed by atoms with van der Waals surface area (Å²) in [4.78, 5) is 16.9. The summed E-state index contributed by atoms with van der Waals surface area (Å²) >= 11 is 0. The van der Waals surface area contributed by atoms with E-state index in [1.807, 2.05) is 31.2 Å². The maximum absolute atomic E-state index is 14.4. The number of benzene rings is 2. The molecule has 0 saturated carbocycles. The van der Waals surface area contributed by atoms with Crippen molar-refractivity contribution >= 4 is 16.9 Å². The second kappa shape index (κ2) is 7.56. The van der Waals surface area contributed by atoms with E-state index in [0.29, 0.717) is 27.9 Å². The van der Waals surface area contributed by atoms with Crippen LogP contribution >= 0.6 is 0 Å². The predicted octanol–water partition coefficient (Wildman–Crippen LogP) is 5.91. The zero-order valence-electron chi connectivity index (χ0n) is 17.6. The molecule has 1 N–H and O–H groups in total. The molecule has 1 atom stereocenters. The molecule has 0 aliphatic heterocycles. The molecule has 0 fully saturated rings. The maximum Gasteiger partial charge on any atom is 0.337 e. The van der Waals surface area contributed by atoms with E-state index in [2.05, 4.69) is 4.98 Å². The summed E-state index contributed by atoms with van der Waals surface area (Å²) in [6.07, 6.45) is -1.23. The molecule has 0 radical (unpaired) electrons. The Labute approximate surface area is 170 Å². The molecule has 0 bridgehead atoms. The van der Waals surface area contributed by atoms with Crippen LogP contribution in [-0.2, 0) is 9.53 Å². The van der Waals surface area contributed by atoms with Crippen molar-refractivity contribution in [3.05, 3.63) is 64.6 Å². The van der Waals surface area contributed by atoms with E-state index in [9.17, 15) is 14.3 Å². The lowest BCUT2D eigenvalue weighted by atomic mass is 9.90. The average Bonchev–Trinajstić information content (AvgIpc) is 2.60. The van der Waals surface area contributed by atoms with Gasteiger partial charge in [-0.05, 0) is 75.9 Å². The van der Waals surface area contributed by atoms with Crippen LogP contribution in [0.15, 0.2) is 36.4 Å². The van der Waals surface area contributed by atoms with Crippen molar-refractivity contribution in [2.45, 2.75) is 53.2 Å². The molecule has 152 valence electrons. The lowest BCUT2D eigenvalue weighted by Crippen LogP contribution is -2.28. The first-order valence-electron chi connectivity index (χ1n) is 9.56. The highest BCUT2D eigenvalue weighted by Crippen LogP contribution is 2.39. The van der Waals surface area contributed by atoms with E-state index in [4.69, 9.17) is 4.74 Å². The van der Waals surface area contributed by atoms with Gasteiger partial charge in [-0.25, -0.2) is 9.18 Å². The lowest BCUT2D eigenvalue weighted by molar-refractivity contribution is -0.160. The monoisotopic (exact) mass is 395 g/mol. The van der Waals surface area contributed by atoms with E-state index >= 15 is 0 Å². The van der Waals surface area contributed by atoms with Crippen molar-refractivity contribution in [2.75, 3.05) is 0 Å². The smallest absolute Gasteiger partial charge is 0.337 e. The Morgan fingerprint density at radius 1 is 1.10 bits per heavy atom. The average molecular weight is 395 g/mol. The Hall–Kier alpha value is -2.79. The highest BCUT2D eigenvalue weighted by molar-refractivity contribution is 5.98. The number of aryl methyl sites for hydroxylation is 3. The summed E-state index contributed by atoms with van der Waals surface area (Å²) in [5.41, 5.74) is 3.87. The van der Waals surface area contributed by atoms with Crippen LogP contribution in [0.5, 0.6) is 0 Å². The molecule has 0 saturated heterocycles. The van der Waals surface area contributed by atoms with Crippen molar-refractivity contribution in [3.8, 4) is 11.1 Å². The molecular weight excluding hydrogens is 369 g/mol. The molecule has 4 nitrogen and oxygen atoms in total. The van der Waals surface area contributed by atoms with Gasteiger partial charge in [0.2, 0.25) is 0 Å². The number of ether oxygens (including phenoxy) is 1. The molecule has 1 aromatic heterocycles. The molecule has 0 aliphatic rings. The van der Waals surface area contributed by atoms with Crippen molar-refractivity contribution < 1.29 is 19.0 Å². The number of hydrogen-bond donors (Lipinski definition) is 1. The summed E-state index contributed by atoms with van der Waals surface area (Å²) in [5.74, 6) is -1.45. The number of aliphatic carboxylic acids is 1. The quantitative estimate of drug-likeness (QED) is 0.597. The van der Waals surface area contributed by atoms with Gasteiger partial charge in [0.05, 0.1) is 11.1 Å². The first-order valence-corrected chi connectivity index (χ1v) is 9.56. The number of rotatable bonds is 4. The van der Waals surface area contributed by atoms with Crippen molar-refractivity contribution in [2.24, 2.45) is 0 Å². The number of aromatic nitrogens is 1. The Morgan fingerprint density at radius 2 is 1.79 bits per heavy atom. The Kier molecular flexibility index (Phi) is 5.46. The number of carbonyl (C=O) groups is 1. The minimum Gasteiger partial charge on any atom is -0.479 e. The van der Waals surface area contributed by atoms with E-state index in [1.165, 1.54) is 6.07 Å². The van der Waals surface area contributed by atoms with Crippen LogP contribution < -0.4 is 0 Å². The number of halogens is 1. The van der Waals surface area contributed by atoms with Gasteiger partial charge in [-0.15, -0.1) is 0 Å². The van der Waals surface area contributed by atoms with Gasteiger partial charge in [-0.3, -0.25) is 4.98 Å². The van der Waals surface area contributed by atoms with Crippen LogP contribution in [0.2, 0.25) is 0 Å². The summed E-state index contributed by atoms with van der Waals surface area (Å²) in [6.45, 7) is 10.9. The van der Waals surface area contributed by atoms with Gasteiger partial charge in [0.1, 0.15) is 5.82 Å². The fourth-order valence-electron chi connectivity index (χ4n) is 3.48. The van der Waals surface area contributed by atoms with Gasteiger partial charge in [0.15, 0.2) is 6.10 Å². The highest BCUT2D eigenvalue weighted by Gasteiger charge is 2.32. The molecule has 5 heteroatoms. The number of hydrogen-bond acceptors (Lipinski definition) is 3. The van der Waals surface area contributed by atoms with E-state index in [1.54, 1.807) is 40.7 Å². The van der Waals surface area contributed by atoms with Crippen LogP contribution in [-0.4, -0.2) is 21.7 Å². The number of carboxylic acids is 1. The third kappa shape index (κ3) is 4.30. The largest absolute Gasteiger partial charge is 0.479 e. The topological polar surface area (TPSA) is 59.4 Å². The third-order valence-electron chi connectivity index (χ3n) is 4.79. The van der Waals surface area contributed by atoms with Crippen molar-refractivity contribution in [3.63, 3.8) is 0 Å². The standard InChI is InChI=1S/C24H26FNO3/c1-13-7-10-17-19(11-13)26-15(3)20(22(23(27)28)29-24(4,5)6)21(17)16-9-8-14(2)18(25)12-16/h7-12,22H,1-6H3,(H,27,28)/t22-/m0/s1. The van der Waals surface area contributed by atoms with Gasteiger partial charge in [-0.1, -0.05) is 24.3 Å². The molecule has 0 amide bonds. The van der Waals surface area contributed by atoms with Crippen LogP contribution in [0.4, 0.5) is 4.39 Å². The molecule has 0 unspecified atom stereocenters. The van der Waals surface area contributed by atoms with Gasteiger partial charge >= 0.3 is 5.97 Å². The van der Waals surface area contributed by atoms with E-state index in [0.717, 1.165) is 16.5 Å². The predicted molar refractivity (Wildman–Crippen MR) is 113 cm³/mol. The molecule has 3 aromatic rings. The van der Waals surface area contributed by atoms with Crippen LogP contribution in [0.3, 0.4) is 0 Å². The fourth-order valence-corrected chi connectivity index (χ4v) is 3.48. The van der Waals surface area contributed by atoms with Crippen LogP contribution in [0.25, 0.3) is 22.0 Å². The molecular formula is C24H26FNO3. The highest BCUT2D eigenvalue weighted by atomic mass is 19.1. The Bertz CT molecular complexity index is 1100. The van der Waals surface area contributed by atoms with Gasteiger partial charge in [0.25, 0.3) is 0 Å². The summed E-state index contributed by atoms with van der Waals surface area (Å²) < 4.78 is 20.4. The molecule has 3 rings (SSSR count). The summed E-state index contributed by atoms with van der Waals surface area (Å²) in [7, 11) is 0. The normalized spacial score (nSPS) is 12.9. The van der Waals surface area contributed by atoms with Crippen molar-refractivity contribution in [1.29, 1.82) is 0 Å². The lowest BCUT2D eigenvalue weighted by Gasteiger charge is -2.28. The first kappa shape index (κ1) is 20.9. The van der Waals surface area contributed by atoms with Crippen LogP contribution in [0, 0.1) is 26.6 Å². The Balaban J connectivity index is 2.42. The minimum atomic E-state index is -1.23. The van der Waals surface area contributed by atoms with Crippen LogP contribution in [0.1, 0.15) is 49.3 Å². The van der Waals surface area contributed by atoms with E-state index in [-0.39, 0.29) is 5.82 Å². The summed E-state index contributed by atoms with van der Waals surface area (Å²) in [6, 6.07) is 10.8. The molecule has 0 spiro atoms. The zero-order chi connectivity index (χ0) is 21.5. The fraction of sp³-hybridized carbons (Fsp3) is 0.333. The van der Waals surface area contributed by atoms with Gasteiger partial charge < -0.3 is 9.84 Å². The number of pyridine rings is 1. The zero-order valence-corrected chi connectivity index (χ0v) is 17.6. The van der Waals surface area contributed by atoms with Gasteiger partial charge in [-0.2, -0.15) is 0 Å².